The van der Waals surface area contributed by atoms with Crippen LogP contribution in [0.3, 0.4) is 0 Å². The van der Waals surface area contributed by atoms with Crippen molar-refractivity contribution in [2.24, 2.45) is 0 Å². The number of rotatable bonds is 7. The Labute approximate surface area is 159 Å². The standard InChI is InChI=1S/C23H23NO3/c1-17-8-6-7-11-22(17)27-18(2)23(25)24-20-12-14-21(15-13-20)26-16-19-9-4-3-5-10-19/h3-15,18H,16H2,1-2H3,(H,24,25)/t18-/m0/s1. The molecule has 138 valence electrons. The van der Waals surface area contributed by atoms with Crippen LogP contribution in [0, 0.1) is 6.92 Å². The second-order valence-electron chi connectivity index (χ2n) is 6.31. The van der Waals surface area contributed by atoms with Crippen molar-refractivity contribution >= 4 is 11.6 Å². The van der Waals surface area contributed by atoms with E-state index in [0.29, 0.717) is 18.0 Å². The van der Waals surface area contributed by atoms with E-state index < -0.39 is 6.10 Å². The number of ether oxygens (including phenoxy) is 2. The zero-order valence-corrected chi connectivity index (χ0v) is 15.5. The molecule has 27 heavy (non-hydrogen) atoms. The highest BCUT2D eigenvalue weighted by Crippen LogP contribution is 2.20. The Hall–Kier alpha value is -3.27. The molecule has 4 heteroatoms. The number of benzene rings is 3. The summed E-state index contributed by atoms with van der Waals surface area (Å²) in [7, 11) is 0. The summed E-state index contributed by atoms with van der Waals surface area (Å²) in [6.07, 6.45) is -0.597. The number of nitrogens with one attached hydrogen (secondary N) is 1. The lowest BCUT2D eigenvalue weighted by Gasteiger charge is -2.16. The molecule has 0 unspecified atom stereocenters. The van der Waals surface area contributed by atoms with Crippen molar-refractivity contribution in [3.63, 3.8) is 0 Å². The number of para-hydroxylation sites is 1. The lowest BCUT2D eigenvalue weighted by Crippen LogP contribution is -2.30. The minimum Gasteiger partial charge on any atom is -0.489 e. The van der Waals surface area contributed by atoms with Crippen LogP contribution in [0.4, 0.5) is 5.69 Å². The minimum atomic E-state index is -0.597. The van der Waals surface area contributed by atoms with Crippen LogP contribution in [-0.2, 0) is 11.4 Å². The van der Waals surface area contributed by atoms with Crippen LogP contribution in [0.15, 0.2) is 78.9 Å². The lowest BCUT2D eigenvalue weighted by atomic mass is 10.2. The van der Waals surface area contributed by atoms with Gasteiger partial charge in [0.05, 0.1) is 0 Å². The van der Waals surface area contributed by atoms with Crippen molar-refractivity contribution in [2.45, 2.75) is 26.6 Å². The van der Waals surface area contributed by atoms with Gasteiger partial charge in [0.25, 0.3) is 5.91 Å². The Kier molecular flexibility index (Phi) is 6.10. The van der Waals surface area contributed by atoms with Gasteiger partial charge in [0.1, 0.15) is 18.1 Å². The first-order chi connectivity index (χ1) is 13.1. The first-order valence-corrected chi connectivity index (χ1v) is 8.92. The summed E-state index contributed by atoms with van der Waals surface area (Å²) in [5.74, 6) is 1.27. The molecule has 0 spiro atoms. The third kappa shape index (κ3) is 5.35. The molecule has 3 aromatic carbocycles. The van der Waals surface area contributed by atoms with Crippen LogP contribution in [0.2, 0.25) is 0 Å². The second-order valence-corrected chi connectivity index (χ2v) is 6.31. The zero-order valence-electron chi connectivity index (χ0n) is 15.5. The highest BCUT2D eigenvalue weighted by Gasteiger charge is 2.15. The number of anilines is 1. The van der Waals surface area contributed by atoms with E-state index in [0.717, 1.165) is 16.9 Å². The summed E-state index contributed by atoms with van der Waals surface area (Å²) in [5.41, 5.74) is 2.81. The maximum absolute atomic E-state index is 12.4. The number of aryl methyl sites for hydroxylation is 1. The summed E-state index contributed by atoms with van der Waals surface area (Å²) in [5, 5.41) is 2.86. The molecule has 0 aromatic heterocycles. The first-order valence-electron chi connectivity index (χ1n) is 8.92. The number of carbonyl (C=O) groups is 1. The van der Waals surface area contributed by atoms with Gasteiger partial charge >= 0.3 is 0 Å². The Morgan fingerprint density at radius 1 is 0.926 bits per heavy atom. The largest absolute Gasteiger partial charge is 0.489 e. The third-order valence-electron chi connectivity index (χ3n) is 4.14. The van der Waals surface area contributed by atoms with Crippen molar-refractivity contribution in [3.05, 3.63) is 90.0 Å². The number of hydrogen-bond acceptors (Lipinski definition) is 3. The fourth-order valence-corrected chi connectivity index (χ4v) is 2.55. The van der Waals surface area contributed by atoms with E-state index in [1.165, 1.54) is 0 Å². The molecule has 0 saturated carbocycles. The molecule has 0 aliphatic rings. The number of amides is 1. The topological polar surface area (TPSA) is 47.6 Å². The highest BCUT2D eigenvalue weighted by atomic mass is 16.5. The van der Waals surface area contributed by atoms with Gasteiger partial charge < -0.3 is 14.8 Å². The van der Waals surface area contributed by atoms with Crippen LogP contribution in [0.5, 0.6) is 11.5 Å². The SMILES string of the molecule is Cc1ccccc1O[C@@H](C)C(=O)Nc1ccc(OCc2ccccc2)cc1. The minimum absolute atomic E-state index is 0.198. The maximum atomic E-state index is 12.4. The van der Waals surface area contributed by atoms with E-state index in [9.17, 15) is 4.79 Å². The van der Waals surface area contributed by atoms with Gasteiger partial charge in [-0.3, -0.25) is 4.79 Å². The first kappa shape index (κ1) is 18.5. The van der Waals surface area contributed by atoms with Crippen molar-refractivity contribution in [2.75, 3.05) is 5.32 Å². The van der Waals surface area contributed by atoms with Gasteiger partial charge in [-0.15, -0.1) is 0 Å². The zero-order chi connectivity index (χ0) is 19.1. The molecule has 1 atom stereocenters. The predicted octanol–water partition coefficient (Wildman–Crippen LogP) is 4.98. The molecule has 0 fully saturated rings. The fraction of sp³-hybridized carbons (Fsp3) is 0.174. The average Bonchev–Trinajstić information content (AvgIpc) is 2.70. The molecule has 4 nitrogen and oxygen atoms in total. The molecular formula is C23H23NO3. The van der Waals surface area contributed by atoms with Crippen LogP contribution in [0.1, 0.15) is 18.1 Å². The van der Waals surface area contributed by atoms with E-state index in [-0.39, 0.29) is 5.91 Å². The smallest absolute Gasteiger partial charge is 0.265 e. The molecule has 3 rings (SSSR count). The Balaban J connectivity index is 1.52. The molecular weight excluding hydrogens is 338 g/mol. The van der Waals surface area contributed by atoms with Gasteiger partial charge in [-0.05, 0) is 55.3 Å². The Morgan fingerprint density at radius 2 is 1.59 bits per heavy atom. The van der Waals surface area contributed by atoms with E-state index >= 15 is 0 Å². The van der Waals surface area contributed by atoms with E-state index in [1.54, 1.807) is 6.92 Å². The van der Waals surface area contributed by atoms with Crippen molar-refractivity contribution in [3.8, 4) is 11.5 Å². The summed E-state index contributed by atoms with van der Waals surface area (Å²) in [6, 6.07) is 24.9. The van der Waals surface area contributed by atoms with E-state index in [2.05, 4.69) is 5.32 Å². The average molecular weight is 361 g/mol. The van der Waals surface area contributed by atoms with Gasteiger partial charge in [0.2, 0.25) is 0 Å². The van der Waals surface area contributed by atoms with E-state index in [1.807, 2.05) is 85.8 Å². The third-order valence-corrected chi connectivity index (χ3v) is 4.14. The fourth-order valence-electron chi connectivity index (χ4n) is 2.55. The van der Waals surface area contributed by atoms with Crippen molar-refractivity contribution < 1.29 is 14.3 Å². The Morgan fingerprint density at radius 3 is 2.30 bits per heavy atom. The van der Waals surface area contributed by atoms with Crippen LogP contribution >= 0.6 is 0 Å². The summed E-state index contributed by atoms with van der Waals surface area (Å²) < 4.78 is 11.5. The monoisotopic (exact) mass is 361 g/mol. The van der Waals surface area contributed by atoms with Crippen LogP contribution in [-0.4, -0.2) is 12.0 Å². The summed E-state index contributed by atoms with van der Waals surface area (Å²) in [4.78, 5) is 12.4. The van der Waals surface area contributed by atoms with Gasteiger partial charge in [-0.2, -0.15) is 0 Å². The molecule has 3 aromatic rings. The number of carbonyl (C=O) groups excluding carboxylic acids is 1. The van der Waals surface area contributed by atoms with Gasteiger partial charge in [-0.25, -0.2) is 0 Å². The van der Waals surface area contributed by atoms with Gasteiger partial charge in [0.15, 0.2) is 6.10 Å². The summed E-state index contributed by atoms with van der Waals surface area (Å²) in [6.45, 7) is 4.20. The molecule has 0 radical (unpaired) electrons. The molecule has 0 bridgehead atoms. The molecule has 0 aliphatic carbocycles. The molecule has 0 saturated heterocycles. The van der Waals surface area contributed by atoms with Gasteiger partial charge in [0, 0.05) is 5.69 Å². The molecule has 1 N–H and O–H groups in total. The second kappa shape index (κ2) is 8.90. The van der Waals surface area contributed by atoms with Crippen molar-refractivity contribution in [1.29, 1.82) is 0 Å². The quantitative estimate of drug-likeness (QED) is 0.646. The summed E-state index contributed by atoms with van der Waals surface area (Å²) >= 11 is 0. The Bertz CT molecular complexity index is 876. The van der Waals surface area contributed by atoms with E-state index in [4.69, 9.17) is 9.47 Å². The molecule has 0 heterocycles. The highest BCUT2D eigenvalue weighted by molar-refractivity contribution is 5.94. The van der Waals surface area contributed by atoms with Gasteiger partial charge in [-0.1, -0.05) is 48.5 Å². The maximum Gasteiger partial charge on any atom is 0.265 e. The van der Waals surface area contributed by atoms with Crippen molar-refractivity contribution in [1.82, 2.24) is 0 Å². The number of hydrogen-bond donors (Lipinski definition) is 1. The lowest BCUT2D eigenvalue weighted by molar-refractivity contribution is -0.122. The predicted molar refractivity (Wildman–Crippen MR) is 107 cm³/mol. The normalized spacial score (nSPS) is 11.5. The molecule has 1 amide bonds. The van der Waals surface area contributed by atoms with Crippen LogP contribution < -0.4 is 14.8 Å². The molecule has 0 aliphatic heterocycles. The van der Waals surface area contributed by atoms with Crippen LogP contribution in [0.25, 0.3) is 0 Å².